The number of carbonyl (C=O) groups is 1. The van der Waals surface area contributed by atoms with Crippen molar-refractivity contribution in [3.63, 3.8) is 0 Å². The van der Waals surface area contributed by atoms with Gasteiger partial charge in [0.15, 0.2) is 0 Å². The number of carbonyl (C=O) groups excluding carboxylic acids is 1. The molecule has 5 nitrogen and oxygen atoms in total. The van der Waals surface area contributed by atoms with Gasteiger partial charge >= 0.3 is 0 Å². The molecule has 0 fully saturated rings. The fourth-order valence-corrected chi connectivity index (χ4v) is 2.46. The van der Waals surface area contributed by atoms with Gasteiger partial charge in [0.05, 0.1) is 12.4 Å². The van der Waals surface area contributed by atoms with E-state index in [4.69, 9.17) is 11.6 Å². The van der Waals surface area contributed by atoms with Crippen molar-refractivity contribution in [2.45, 2.75) is 19.8 Å². The lowest BCUT2D eigenvalue weighted by Gasteiger charge is -2.09. The van der Waals surface area contributed by atoms with Crippen LogP contribution >= 0.6 is 11.6 Å². The standard InChI is InChI=1S/C20H19ClN4O/c1-13(2)14-3-7-17(8-4-14)25-20(26)18-11-23-19(12-22-18)24-16-9-5-15(21)6-10-16/h3-13H,1-2H3,(H,23,24)(H,25,26). The fraction of sp³-hybridized carbons (Fsp3) is 0.150. The summed E-state index contributed by atoms with van der Waals surface area (Å²) >= 11 is 5.86. The number of halogens is 1. The lowest BCUT2D eigenvalue weighted by Crippen LogP contribution is -2.14. The molecule has 0 spiro atoms. The van der Waals surface area contributed by atoms with Crippen LogP contribution in [0, 0.1) is 0 Å². The Balaban J connectivity index is 1.63. The molecule has 0 radical (unpaired) electrons. The summed E-state index contributed by atoms with van der Waals surface area (Å²) in [4.78, 5) is 20.7. The quantitative estimate of drug-likeness (QED) is 0.647. The number of hydrogen-bond acceptors (Lipinski definition) is 4. The minimum Gasteiger partial charge on any atom is -0.339 e. The van der Waals surface area contributed by atoms with Gasteiger partial charge in [-0.2, -0.15) is 0 Å². The van der Waals surface area contributed by atoms with Crippen LogP contribution in [-0.4, -0.2) is 15.9 Å². The van der Waals surface area contributed by atoms with Gasteiger partial charge in [-0.3, -0.25) is 4.79 Å². The van der Waals surface area contributed by atoms with Gasteiger partial charge in [0, 0.05) is 16.4 Å². The topological polar surface area (TPSA) is 66.9 Å². The van der Waals surface area contributed by atoms with Gasteiger partial charge < -0.3 is 10.6 Å². The molecule has 1 amide bonds. The third kappa shape index (κ3) is 4.58. The Morgan fingerprint density at radius 1 is 0.923 bits per heavy atom. The molecule has 2 aromatic carbocycles. The van der Waals surface area contributed by atoms with Crippen molar-refractivity contribution in [1.82, 2.24) is 9.97 Å². The second-order valence-electron chi connectivity index (χ2n) is 6.15. The van der Waals surface area contributed by atoms with Crippen molar-refractivity contribution in [2.75, 3.05) is 10.6 Å². The van der Waals surface area contributed by atoms with Crippen molar-refractivity contribution in [2.24, 2.45) is 0 Å². The van der Waals surface area contributed by atoms with Crippen LogP contribution in [0.25, 0.3) is 0 Å². The highest BCUT2D eigenvalue weighted by Crippen LogP contribution is 2.19. The third-order valence-electron chi connectivity index (χ3n) is 3.84. The smallest absolute Gasteiger partial charge is 0.275 e. The van der Waals surface area contributed by atoms with E-state index < -0.39 is 0 Å². The van der Waals surface area contributed by atoms with E-state index in [1.54, 1.807) is 12.1 Å². The lowest BCUT2D eigenvalue weighted by molar-refractivity contribution is 0.102. The maximum absolute atomic E-state index is 12.3. The zero-order chi connectivity index (χ0) is 18.5. The highest BCUT2D eigenvalue weighted by Gasteiger charge is 2.09. The summed E-state index contributed by atoms with van der Waals surface area (Å²) in [6, 6.07) is 15.0. The predicted molar refractivity (Wildman–Crippen MR) is 105 cm³/mol. The highest BCUT2D eigenvalue weighted by molar-refractivity contribution is 6.30. The summed E-state index contributed by atoms with van der Waals surface area (Å²) in [5.74, 6) is 0.698. The largest absolute Gasteiger partial charge is 0.339 e. The molecule has 1 aromatic heterocycles. The molecule has 0 saturated heterocycles. The molecule has 6 heteroatoms. The molecule has 0 bridgehead atoms. The Hall–Kier alpha value is -2.92. The Morgan fingerprint density at radius 2 is 1.58 bits per heavy atom. The Labute approximate surface area is 157 Å². The van der Waals surface area contributed by atoms with Gasteiger partial charge in [0.2, 0.25) is 0 Å². The molecule has 3 aromatic rings. The van der Waals surface area contributed by atoms with E-state index in [1.807, 2.05) is 36.4 Å². The van der Waals surface area contributed by atoms with E-state index in [0.29, 0.717) is 16.8 Å². The van der Waals surface area contributed by atoms with Gasteiger partial charge in [-0.05, 0) is 47.9 Å². The number of rotatable bonds is 5. The maximum atomic E-state index is 12.3. The third-order valence-corrected chi connectivity index (χ3v) is 4.09. The molecule has 0 atom stereocenters. The zero-order valence-electron chi connectivity index (χ0n) is 14.5. The first kappa shape index (κ1) is 17.9. The van der Waals surface area contributed by atoms with Crippen LogP contribution in [0.4, 0.5) is 17.2 Å². The number of benzene rings is 2. The molecule has 26 heavy (non-hydrogen) atoms. The average molecular weight is 367 g/mol. The van der Waals surface area contributed by atoms with Crippen LogP contribution in [0.5, 0.6) is 0 Å². The van der Waals surface area contributed by atoms with Gasteiger partial charge in [-0.1, -0.05) is 37.6 Å². The molecule has 0 aliphatic carbocycles. The molecule has 0 saturated carbocycles. The first-order valence-corrected chi connectivity index (χ1v) is 8.65. The zero-order valence-corrected chi connectivity index (χ0v) is 15.3. The monoisotopic (exact) mass is 366 g/mol. The summed E-state index contributed by atoms with van der Waals surface area (Å²) in [5.41, 5.74) is 3.04. The highest BCUT2D eigenvalue weighted by atomic mass is 35.5. The summed E-state index contributed by atoms with van der Waals surface area (Å²) in [5, 5.41) is 6.59. The number of hydrogen-bond donors (Lipinski definition) is 2. The van der Waals surface area contributed by atoms with E-state index in [2.05, 4.69) is 34.4 Å². The van der Waals surface area contributed by atoms with Crippen molar-refractivity contribution in [3.8, 4) is 0 Å². The van der Waals surface area contributed by atoms with Gasteiger partial charge in [0.1, 0.15) is 11.5 Å². The normalized spacial score (nSPS) is 10.6. The first-order chi connectivity index (χ1) is 12.5. The Morgan fingerprint density at radius 3 is 2.15 bits per heavy atom. The molecular weight excluding hydrogens is 348 g/mol. The van der Waals surface area contributed by atoms with E-state index in [0.717, 1.165) is 11.4 Å². The summed E-state index contributed by atoms with van der Waals surface area (Å²) in [7, 11) is 0. The van der Waals surface area contributed by atoms with Crippen molar-refractivity contribution in [1.29, 1.82) is 0 Å². The summed E-state index contributed by atoms with van der Waals surface area (Å²) in [6.07, 6.45) is 2.96. The number of amides is 1. The van der Waals surface area contributed by atoms with Crippen molar-refractivity contribution < 1.29 is 4.79 Å². The van der Waals surface area contributed by atoms with E-state index in [-0.39, 0.29) is 11.6 Å². The van der Waals surface area contributed by atoms with Gasteiger partial charge in [-0.25, -0.2) is 9.97 Å². The van der Waals surface area contributed by atoms with Crippen LogP contribution in [0.1, 0.15) is 35.8 Å². The molecule has 3 rings (SSSR count). The van der Waals surface area contributed by atoms with Crippen LogP contribution in [0.15, 0.2) is 60.9 Å². The molecule has 132 valence electrons. The minimum absolute atomic E-state index is 0.250. The van der Waals surface area contributed by atoms with E-state index >= 15 is 0 Å². The van der Waals surface area contributed by atoms with Gasteiger partial charge in [0.25, 0.3) is 5.91 Å². The Kier molecular flexibility index (Phi) is 5.49. The number of nitrogens with zero attached hydrogens (tertiary/aromatic N) is 2. The number of aromatic nitrogens is 2. The van der Waals surface area contributed by atoms with Crippen molar-refractivity contribution >= 4 is 34.7 Å². The number of anilines is 3. The molecule has 1 heterocycles. The maximum Gasteiger partial charge on any atom is 0.275 e. The molecule has 2 N–H and O–H groups in total. The lowest BCUT2D eigenvalue weighted by atomic mass is 10.0. The summed E-state index contributed by atoms with van der Waals surface area (Å²) in [6.45, 7) is 4.26. The van der Waals surface area contributed by atoms with Crippen molar-refractivity contribution in [3.05, 3.63) is 77.2 Å². The van der Waals surface area contributed by atoms with Crippen LogP contribution in [0.2, 0.25) is 5.02 Å². The minimum atomic E-state index is -0.298. The SMILES string of the molecule is CC(C)c1ccc(NC(=O)c2cnc(Nc3ccc(Cl)cc3)cn2)cc1. The van der Waals surface area contributed by atoms with Gasteiger partial charge in [-0.15, -0.1) is 0 Å². The molecule has 0 aliphatic heterocycles. The predicted octanol–water partition coefficient (Wildman–Crippen LogP) is 5.25. The van der Waals surface area contributed by atoms with E-state index in [9.17, 15) is 4.79 Å². The first-order valence-electron chi connectivity index (χ1n) is 8.27. The molecular formula is C20H19ClN4O. The van der Waals surface area contributed by atoms with Crippen LogP contribution in [0.3, 0.4) is 0 Å². The Bertz CT molecular complexity index is 875. The summed E-state index contributed by atoms with van der Waals surface area (Å²) < 4.78 is 0. The molecule has 0 aliphatic rings. The molecule has 0 unspecified atom stereocenters. The van der Waals surface area contributed by atoms with Crippen LogP contribution < -0.4 is 10.6 Å². The van der Waals surface area contributed by atoms with Crippen LogP contribution in [-0.2, 0) is 0 Å². The average Bonchev–Trinajstić information content (AvgIpc) is 2.64. The fourth-order valence-electron chi connectivity index (χ4n) is 2.34. The van der Waals surface area contributed by atoms with E-state index in [1.165, 1.54) is 18.0 Å². The number of nitrogens with one attached hydrogen (secondary N) is 2. The second-order valence-corrected chi connectivity index (χ2v) is 6.59. The second kappa shape index (κ2) is 7.97.